The van der Waals surface area contributed by atoms with Crippen LogP contribution in [-0.2, 0) is 14.9 Å². The summed E-state index contributed by atoms with van der Waals surface area (Å²) in [5.74, 6) is -0.0434. The Morgan fingerprint density at radius 1 is 1.22 bits per heavy atom. The monoisotopic (exact) mass is 316 g/mol. The molecule has 0 aromatic heterocycles. The molecule has 1 aromatic rings. The number of rotatable bonds is 5. The second kappa shape index (κ2) is 8.27. The number of nitrogens with one attached hydrogen (secondary N) is 1. The van der Waals surface area contributed by atoms with Crippen molar-refractivity contribution in [2.75, 3.05) is 39.4 Å². The minimum absolute atomic E-state index is 0.0434. The van der Waals surface area contributed by atoms with Gasteiger partial charge in [-0.3, -0.25) is 9.69 Å². The summed E-state index contributed by atoms with van der Waals surface area (Å²) in [5.41, 5.74) is 2.49. The molecule has 0 bridgehead atoms. The number of carbonyl (C=O) groups excluding carboxylic acids is 1. The predicted molar refractivity (Wildman–Crippen MR) is 94.4 cm³/mol. The van der Waals surface area contributed by atoms with Gasteiger partial charge in [0.15, 0.2) is 0 Å². The molecule has 0 unspecified atom stereocenters. The van der Waals surface area contributed by atoms with Gasteiger partial charge in [0, 0.05) is 32.3 Å². The average molecular weight is 316 g/mol. The Kier molecular flexibility index (Phi) is 6.37. The SMILES string of the molecule is CC(C)(C)c1ccc(/C=C/C(=O)NCCN2CCOCC2)cc1. The number of ether oxygens (including phenoxy) is 1. The summed E-state index contributed by atoms with van der Waals surface area (Å²) in [6.07, 6.45) is 3.46. The Labute approximate surface area is 139 Å². The highest BCUT2D eigenvalue weighted by molar-refractivity contribution is 5.91. The van der Waals surface area contributed by atoms with E-state index in [1.165, 1.54) is 5.56 Å². The first-order valence-electron chi connectivity index (χ1n) is 8.32. The smallest absolute Gasteiger partial charge is 0.244 e. The third-order valence-electron chi connectivity index (χ3n) is 4.03. The topological polar surface area (TPSA) is 41.6 Å². The van der Waals surface area contributed by atoms with Gasteiger partial charge in [0.25, 0.3) is 0 Å². The van der Waals surface area contributed by atoms with Crippen molar-refractivity contribution < 1.29 is 9.53 Å². The van der Waals surface area contributed by atoms with Crippen LogP contribution in [0.15, 0.2) is 30.3 Å². The molecule has 1 fully saturated rings. The number of hydrogen-bond donors (Lipinski definition) is 1. The van der Waals surface area contributed by atoms with Gasteiger partial charge in [0.1, 0.15) is 0 Å². The van der Waals surface area contributed by atoms with Crippen LogP contribution in [0.2, 0.25) is 0 Å². The van der Waals surface area contributed by atoms with E-state index in [-0.39, 0.29) is 11.3 Å². The average Bonchev–Trinajstić information content (AvgIpc) is 2.53. The van der Waals surface area contributed by atoms with E-state index in [1.807, 2.05) is 6.08 Å². The highest BCUT2D eigenvalue weighted by Gasteiger charge is 2.12. The molecule has 0 atom stereocenters. The fraction of sp³-hybridized carbons (Fsp3) is 0.526. The third kappa shape index (κ3) is 6.16. The molecule has 1 aliphatic heterocycles. The highest BCUT2D eigenvalue weighted by Crippen LogP contribution is 2.22. The number of hydrogen-bond acceptors (Lipinski definition) is 3. The standard InChI is InChI=1S/C19H28N2O2/c1-19(2,3)17-7-4-16(5-8-17)6-9-18(22)20-10-11-21-12-14-23-15-13-21/h4-9H,10-15H2,1-3H3,(H,20,22)/b9-6+. The zero-order chi connectivity index (χ0) is 16.7. The first kappa shape index (κ1) is 17.7. The minimum atomic E-state index is -0.0434. The molecular formula is C19H28N2O2. The maximum absolute atomic E-state index is 11.8. The summed E-state index contributed by atoms with van der Waals surface area (Å²) in [6, 6.07) is 8.35. The maximum atomic E-state index is 11.8. The molecule has 1 amide bonds. The van der Waals surface area contributed by atoms with Crippen LogP contribution in [0.4, 0.5) is 0 Å². The van der Waals surface area contributed by atoms with Crippen molar-refractivity contribution in [3.63, 3.8) is 0 Å². The van der Waals surface area contributed by atoms with E-state index >= 15 is 0 Å². The summed E-state index contributed by atoms with van der Waals surface area (Å²) < 4.78 is 5.30. The molecule has 1 saturated heterocycles. The van der Waals surface area contributed by atoms with Crippen LogP contribution in [0.1, 0.15) is 31.9 Å². The molecule has 0 aliphatic carbocycles. The Balaban J connectivity index is 1.74. The van der Waals surface area contributed by atoms with Crippen LogP contribution in [0.5, 0.6) is 0 Å². The van der Waals surface area contributed by atoms with Gasteiger partial charge in [-0.05, 0) is 22.6 Å². The lowest BCUT2D eigenvalue weighted by Gasteiger charge is -2.26. The number of carbonyl (C=O) groups is 1. The Bertz CT molecular complexity index is 523. The predicted octanol–water partition coefficient (Wildman–Crippen LogP) is 2.45. The van der Waals surface area contributed by atoms with Gasteiger partial charge in [-0.2, -0.15) is 0 Å². The molecule has 2 rings (SSSR count). The molecule has 4 heteroatoms. The van der Waals surface area contributed by atoms with Crippen molar-refractivity contribution in [1.82, 2.24) is 10.2 Å². The molecule has 1 aromatic carbocycles. The van der Waals surface area contributed by atoms with E-state index in [4.69, 9.17) is 4.74 Å². The van der Waals surface area contributed by atoms with Crippen molar-refractivity contribution >= 4 is 12.0 Å². The second-order valence-electron chi connectivity index (χ2n) is 6.95. The quantitative estimate of drug-likeness (QED) is 0.849. The molecule has 0 radical (unpaired) electrons. The van der Waals surface area contributed by atoms with Crippen LogP contribution in [0, 0.1) is 0 Å². The summed E-state index contributed by atoms with van der Waals surface area (Å²) in [6.45, 7) is 11.6. The largest absolute Gasteiger partial charge is 0.379 e. The normalized spacial score (nSPS) is 16.7. The van der Waals surface area contributed by atoms with Crippen molar-refractivity contribution in [3.8, 4) is 0 Å². The van der Waals surface area contributed by atoms with Gasteiger partial charge < -0.3 is 10.1 Å². The van der Waals surface area contributed by atoms with E-state index < -0.39 is 0 Å². The molecule has 126 valence electrons. The van der Waals surface area contributed by atoms with Crippen LogP contribution < -0.4 is 5.32 Å². The molecule has 23 heavy (non-hydrogen) atoms. The van der Waals surface area contributed by atoms with Crippen LogP contribution in [-0.4, -0.2) is 50.2 Å². The Morgan fingerprint density at radius 3 is 2.48 bits per heavy atom. The zero-order valence-corrected chi connectivity index (χ0v) is 14.5. The van der Waals surface area contributed by atoms with Gasteiger partial charge >= 0.3 is 0 Å². The second-order valence-corrected chi connectivity index (χ2v) is 6.95. The van der Waals surface area contributed by atoms with E-state index in [0.717, 1.165) is 38.4 Å². The fourth-order valence-corrected chi connectivity index (χ4v) is 2.49. The van der Waals surface area contributed by atoms with E-state index in [9.17, 15) is 4.79 Å². The van der Waals surface area contributed by atoms with Crippen LogP contribution in [0.3, 0.4) is 0 Å². The molecule has 1 heterocycles. The van der Waals surface area contributed by atoms with E-state index in [0.29, 0.717) is 6.54 Å². The molecule has 0 spiro atoms. The fourth-order valence-electron chi connectivity index (χ4n) is 2.49. The Morgan fingerprint density at radius 2 is 1.87 bits per heavy atom. The van der Waals surface area contributed by atoms with E-state index in [1.54, 1.807) is 6.08 Å². The van der Waals surface area contributed by atoms with Crippen molar-refractivity contribution in [1.29, 1.82) is 0 Å². The number of amides is 1. The zero-order valence-electron chi connectivity index (χ0n) is 14.5. The summed E-state index contributed by atoms with van der Waals surface area (Å²) in [5, 5.41) is 2.93. The lowest BCUT2D eigenvalue weighted by atomic mass is 9.87. The molecule has 4 nitrogen and oxygen atoms in total. The van der Waals surface area contributed by atoms with Crippen molar-refractivity contribution in [2.24, 2.45) is 0 Å². The van der Waals surface area contributed by atoms with E-state index in [2.05, 4.69) is 55.3 Å². The molecule has 1 aliphatic rings. The number of nitrogens with zero attached hydrogens (tertiary/aromatic N) is 1. The van der Waals surface area contributed by atoms with Gasteiger partial charge in [0.2, 0.25) is 5.91 Å². The van der Waals surface area contributed by atoms with Crippen LogP contribution in [0.25, 0.3) is 6.08 Å². The molecule has 0 saturated carbocycles. The third-order valence-corrected chi connectivity index (χ3v) is 4.03. The Hall–Kier alpha value is -1.65. The maximum Gasteiger partial charge on any atom is 0.244 e. The van der Waals surface area contributed by atoms with Gasteiger partial charge in [-0.25, -0.2) is 0 Å². The van der Waals surface area contributed by atoms with Gasteiger partial charge in [0.05, 0.1) is 13.2 Å². The molecule has 1 N–H and O–H groups in total. The number of morpholine rings is 1. The first-order valence-corrected chi connectivity index (χ1v) is 8.32. The summed E-state index contributed by atoms with van der Waals surface area (Å²) in [7, 11) is 0. The van der Waals surface area contributed by atoms with Crippen molar-refractivity contribution in [2.45, 2.75) is 26.2 Å². The first-order chi connectivity index (χ1) is 10.9. The minimum Gasteiger partial charge on any atom is -0.379 e. The number of benzene rings is 1. The van der Waals surface area contributed by atoms with Crippen molar-refractivity contribution in [3.05, 3.63) is 41.5 Å². The molecular weight excluding hydrogens is 288 g/mol. The highest BCUT2D eigenvalue weighted by atomic mass is 16.5. The van der Waals surface area contributed by atoms with Gasteiger partial charge in [-0.15, -0.1) is 0 Å². The lowest BCUT2D eigenvalue weighted by Crippen LogP contribution is -2.41. The van der Waals surface area contributed by atoms with Crippen LogP contribution >= 0.6 is 0 Å². The summed E-state index contributed by atoms with van der Waals surface area (Å²) in [4.78, 5) is 14.1. The lowest BCUT2D eigenvalue weighted by molar-refractivity contribution is -0.116. The van der Waals surface area contributed by atoms with Gasteiger partial charge in [-0.1, -0.05) is 45.0 Å². The summed E-state index contributed by atoms with van der Waals surface area (Å²) >= 11 is 0.